The first-order valence-electron chi connectivity index (χ1n) is 6.03. The molecule has 0 saturated carbocycles. The molecule has 0 unspecified atom stereocenters. The zero-order valence-corrected chi connectivity index (χ0v) is 10.9. The fourth-order valence-corrected chi connectivity index (χ4v) is 4.46. The van der Waals surface area contributed by atoms with Gasteiger partial charge in [0.05, 0.1) is 9.52 Å². The van der Waals surface area contributed by atoms with Crippen LogP contribution in [0.4, 0.5) is 0 Å². The van der Waals surface area contributed by atoms with E-state index in [1.807, 2.05) is 0 Å². The van der Waals surface area contributed by atoms with E-state index in [2.05, 4.69) is 60.3 Å². The van der Waals surface area contributed by atoms with Gasteiger partial charge in [-0.15, -0.1) is 0 Å². The number of fused-ring (bicyclic) bond motifs is 5. The minimum atomic E-state index is -0.177. The van der Waals surface area contributed by atoms with Gasteiger partial charge in [-0.1, -0.05) is 60.3 Å². The summed E-state index contributed by atoms with van der Waals surface area (Å²) in [6.45, 7) is 0. The van der Waals surface area contributed by atoms with Crippen LogP contribution < -0.4 is 5.19 Å². The quantitative estimate of drug-likeness (QED) is 0.413. The van der Waals surface area contributed by atoms with Gasteiger partial charge < -0.3 is 0 Å². The van der Waals surface area contributed by atoms with E-state index >= 15 is 0 Å². The summed E-state index contributed by atoms with van der Waals surface area (Å²) >= 11 is 0. The predicted molar refractivity (Wildman–Crippen MR) is 78.7 cm³/mol. The SMILES string of the molecule is C1=Cc2ccc3c(ccc4ccccc43)c2[SiH2]1. The standard InChI is InChI=1S/C16H12Si/c1-2-4-13-11(3-1)5-8-15-14(13)7-6-12-9-10-17-16(12)15/h1-10H,17H2. The van der Waals surface area contributed by atoms with Gasteiger partial charge in [-0.3, -0.25) is 0 Å². The molecule has 0 N–H and O–H groups in total. The van der Waals surface area contributed by atoms with Crippen LogP contribution >= 0.6 is 0 Å². The average Bonchev–Trinajstić information content (AvgIpc) is 2.86. The van der Waals surface area contributed by atoms with E-state index in [0.717, 1.165) is 0 Å². The third-order valence-corrected chi connectivity index (χ3v) is 5.36. The fraction of sp³-hybridized carbons (Fsp3) is 0. The van der Waals surface area contributed by atoms with E-state index in [-0.39, 0.29) is 9.52 Å². The van der Waals surface area contributed by atoms with Crippen LogP contribution in [0.2, 0.25) is 0 Å². The molecule has 0 radical (unpaired) electrons. The van der Waals surface area contributed by atoms with Crippen molar-refractivity contribution in [2.75, 3.05) is 0 Å². The molecule has 80 valence electrons. The molecule has 4 rings (SSSR count). The van der Waals surface area contributed by atoms with E-state index in [0.29, 0.717) is 0 Å². The summed E-state index contributed by atoms with van der Waals surface area (Å²) in [7, 11) is -0.177. The van der Waals surface area contributed by atoms with Gasteiger partial charge in [0, 0.05) is 0 Å². The maximum absolute atomic E-state index is 2.39. The molecule has 0 saturated heterocycles. The second-order valence-electron chi connectivity index (χ2n) is 4.62. The summed E-state index contributed by atoms with van der Waals surface area (Å²) in [6, 6.07) is 17.8. The lowest BCUT2D eigenvalue weighted by molar-refractivity contribution is 1.77. The van der Waals surface area contributed by atoms with Crippen molar-refractivity contribution in [3.05, 3.63) is 59.8 Å². The highest BCUT2D eigenvalue weighted by molar-refractivity contribution is 6.66. The van der Waals surface area contributed by atoms with Crippen LogP contribution in [0.15, 0.2) is 54.2 Å². The summed E-state index contributed by atoms with van der Waals surface area (Å²) in [5, 5.41) is 7.23. The van der Waals surface area contributed by atoms with Gasteiger partial charge >= 0.3 is 0 Å². The van der Waals surface area contributed by atoms with Crippen LogP contribution in [0.3, 0.4) is 0 Å². The van der Waals surface area contributed by atoms with E-state index in [9.17, 15) is 0 Å². The van der Waals surface area contributed by atoms with Crippen LogP contribution in [-0.4, -0.2) is 9.52 Å². The lowest BCUT2D eigenvalue weighted by atomic mass is 10.00. The molecule has 0 nitrogen and oxygen atoms in total. The van der Waals surface area contributed by atoms with Crippen molar-refractivity contribution in [2.45, 2.75) is 0 Å². The lowest BCUT2D eigenvalue weighted by Gasteiger charge is -2.08. The van der Waals surface area contributed by atoms with E-state index in [4.69, 9.17) is 0 Å². The minimum absolute atomic E-state index is 0.177. The van der Waals surface area contributed by atoms with Crippen molar-refractivity contribution in [1.29, 1.82) is 0 Å². The molecule has 1 heterocycles. The third-order valence-electron chi connectivity index (χ3n) is 3.69. The minimum Gasteiger partial charge on any atom is -0.0955 e. The average molecular weight is 232 g/mol. The highest BCUT2D eigenvalue weighted by Gasteiger charge is 2.10. The Morgan fingerprint density at radius 2 is 1.59 bits per heavy atom. The Morgan fingerprint density at radius 1 is 0.706 bits per heavy atom. The summed E-state index contributed by atoms with van der Waals surface area (Å²) in [6.07, 6.45) is 2.29. The van der Waals surface area contributed by atoms with E-state index < -0.39 is 0 Å². The predicted octanol–water partition coefficient (Wildman–Crippen LogP) is 2.77. The monoisotopic (exact) mass is 232 g/mol. The maximum atomic E-state index is 2.39. The van der Waals surface area contributed by atoms with Crippen molar-refractivity contribution in [2.24, 2.45) is 0 Å². The topological polar surface area (TPSA) is 0 Å². The molecule has 3 aromatic rings. The van der Waals surface area contributed by atoms with Crippen LogP contribution in [-0.2, 0) is 0 Å². The Balaban J connectivity index is 2.23. The molecule has 1 aliphatic rings. The zero-order valence-electron chi connectivity index (χ0n) is 9.48. The highest BCUT2D eigenvalue weighted by atomic mass is 28.2. The van der Waals surface area contributed by atoms with Crippen molar-refractivity contribution in [3.8, 4) is 0 Å². The van der Waals surface area contributed by atoms with Crippen molar-refractivity contribution in [3.63, 3.8) is 0 Å². The van der Waals surface area contributed by atoms with Gasteiger partial charge in [0.1, 0.15) is 0 Å². The first-order chi connectivity index (χ1) is 8.43. The number of rotatable bonds is 0. The van der Waals surface area contributed by atoms with Gasteiger partial charge in [0.15, 0.2) is 0 Å². The van der Waals surface area contributed by atoms with Crippen molar-refractivity contribution >= 4 is 42.3 Å². The molecule has 0 amide bonds. The maximum Gasteiger partial charge on any atom is 0.0799 e. The summed E-state index contributed by atoms with van der Waals surface area (Å²) in [5.41, 5.74) is 3.83. The largest absolute Gasteiger partial charge is 0.0955 e. The number of benzene rings is 3. The second kappa shape index (κ2) is 3.31. The third kappa shape index (κ3) is 1.23. The van der Waals surface area contributed by atoms with Crippen molar-refractivity contribution < 1.29 is 0 Å². The van der Waals surface area contributed by atoms with Crippen molar-refractivity contribution in [1.82, 2.24) is 0 Å². The van der Waals surface area contributed by atoms with Crippen LogP contribution in [0.5, 0.6) is 0 Å². The van der Waals surface area contributed by atoms with E-state index in [1.54, 1.807) is 5.19 Å². The molecular formula is C16H12Si. The molecule has 3 aromatic carbocycles. The Morgan fingerprint density at radius 3 is 2.59 bits per heavy atom. The fourth-order valence-electron chi connectivity index (χ4n) is 2.86. The summed E-state index contributed by atoms with van der Waals surface area (Å²) in [5.74, 6) is 0. The molecular weight excluding hydrogens is 220 g/mol. The van der Waals surface area contributed by atoms with Gasteiger partial charge in [-0.2, -0.15) is 0 Å². The summed E-state index contributed by atoms with van der Waals surface area (Å²) < 4.78 is 0. The molecule has 1 aliphatic heterocycles. The Kier molecular flexibility index (Phi) is 1.79. The van der Waals surface area contributed by atoms with Gasteiger partial charge in [-0.25, -0.2) is 0 Å². The molecule has 1 heteroatoms. The zero-order chi connectivity index (χ0) is 11.2. The molecule has 0 atom stereocenters. The molecule has 0 fully saturated rings. The number of hydrogen-bond donors (Lipinski definition) is 0. The van der Waals surface area contributed by atoms with Gasteiger partial charge in [-0.05, 0) is 32.3 Å². The van der Waals surface area contributed by atoms with Crippen LogP contribution in [0.25, 0.3) is 27.6 Å². The first kappa shape index (κ1) is 9.20. The van der Waals surface area contributed by atoms with Gasteiger partial charge in [0.25, 0.3) is 0 Å². The Labute approximate surface area is 102 Å². The normalized spacial score (nSPS) is 14.8. The second-order valence-corrected chi connectivity index (χ2v) is 6.21. The first-order valence-corrected chi connectivity index (χ1v) is 7.56. The van der Waals surface area contributed by atoms with Crippen LogP contribution in [0, 0.1) is 0 Å². The molecule has 0 aliphatic carbocycles. The molecule has 0 aromatic heterocycles. The van der Waals surface area contributed by atoms with Crippen LogP contribution in [0.1, 0.15) is 5.56 Å². The Bertz CT molecular complexity index is 769. The lowest BCUT2D eigenvalue weighted by Crippen LogP contribution is -2.12. The van der Waals surface area contributed by atoms with Gasteiger partial charge in [0.2, 0.25) is 0 Å². The number of hydrogen-bond acceptors (Lipinski definition) is 0. The summed E-state index contributed by atoms with van der Waals surface area (Å²) in [4.78, 5) is 0. The highest BCUT2D eigenvalue weighted by Crippen LogP contribution is 2.26. The van der Waals surface area contributed by atoms with E-state index in [1.165, 1.54) is 27.1 Å². The molecule has 0 spiro atoms. The molecule has 17 heavy (non-hydrogen) atoms. The smallest absolute Gasteiger partial charge is 0.0799 e. The Hall–Kier alpha value is -1.86. The molecule has 0 bridgehead atoms.